The van der Waals surface area contributed by atoms with E-state index in [1.54, 1.807) is 11.8 Å². The van der Waals surface area contributed by atoms with Crippen molar-refractivity contribution in [2.45, 2.75) is 50.0 Å². The Balaban J connectivity index is 1.34. The van der Waals surface area contributed by atoms with E-state index < -0.39 is 0 Å². The van der Waals surface area contributed by atoms with E-state index in [1.165, 1.54) is 63.0 Å². The van der Waals surface area contributed by atoms with E-state index in [9.17, 15) is 0 Å². The quantitative estimate of drug-likeness (QED) is 0.460. The lowest BCUT2D eigenvalue weighted by Crippen LogP contribution is -2.47. The molecule has 4 heterocycles. The Morgan fingerprint density at radius 1 is 0.935 bits per heavy atom. The highest BCUT2D eigenvalue weighted by Gasteiger charge is 2.28. The number of pyridine rings is 1. The van der Waals surface area contributed by atoms with Crippen LogP contribution in [0.15, 0.2) is 42.1 Å². The minimum absolute atomic E-state index is 0.760. The van der Waals surface area contributed by atoms with Gasteiger partial charge >= 0.3 is 0 Å². The van der Waals surface area contributed by atoms with Crippen LogP contribution in [0.1, 0.15) is 36.8 Å². The number of thioether (sulfide) groups is 1. The molecule has 2 aromatic rings. The summed E-state index contributed by atoms with van der Waals surface area (Å²) in [6, 6.07) is 5.06. The first-order valence-electron chi connectivity index (χ1n) is 11.6. The molecule has 0 saturated carbocycles. The average Bonchev–Trinajstić information content (AvgIpc) is 2.81. The molecule has 6 nitrogen and oxygen atoms in total. The van der Waals surface area contributed by atoms with Crippen molar-refractivity contribution in [2.75, 3.05) is 46.0 Å². The molecule has 0 N–H and O–H groups in total. The molecule has 2 aliphatic rings. The Morgan fingerprint density at radius 2 is 1.58 bits per heavy atom. The SMILES string of the molecule is CSc1ncc(CN(Cc2ccncc2)CC2CCN(C3CCN(C)CC3)CC2)cn1. The van der Waals surface area contributed by atoms with Gasteiger partial charge in [-0.05, 0) is 88.8 Å². The van der Waals surface area contributed by atoms with E-state index in [0.29, 0.717) is 0 Å². The molecule has 168 valence electrons. The van der Waals surface area contributed by atoms with Gasteiger partial charge < -0.3 is 9.80 Å². The molecular formula is C24H36N6S. The fourth-order valence-corrected chi connectivity index (χ4v) is 5.26. The van der Waals surface area contributed by atoms with Gasteiger partial charge in [-0.2, -0.15) is 0 Å². The van der Waals surface area contributed by atoms with E-state index in [2.05, 4.69) is 48.8 Å². The number of hydrogen-bond acceptors (Lipinski definition) is 7. The van der Waals surface area contributed by atoms with Crippen molar-refractivity contribution in [3.63, 3.8) is 0 Å². The summed E-state index contributed by atoms with van der Waals surface area (Å²) in [7, 11) is 2.25. The van der Waals surface area contributed by atoms with Crippen LogP contribution < -0.4 is 0 Å². The first-order valence-corrected chi connectivity index (χ1v) is 12.8. The molecule has 2 saturated heterocycles. The number of aromatic nitrogens is 3. The van der Waals surface area contributed by atoms with Crippen molar-refractivity contribution in [2.24, 2.45) is 5.92 Å². The molecule has 0 aromatic carbocycles. The lowest BCUT2D eigenvalue weighted by molar-refractivity contribution is 0.0728. The molecule has 2 aromatic heterocycles. The molecule has 0 amide bonds. The van der Waals surface area contributed by atoms with Gasteiger partial charge in [0.05, 0.1) is 0 Å². The summed E-state index contributed by atoms with van der Waals surface area (Å²) in [6.07, 6.45) is 15.1. The molecule has 0 aliphatic carbocycles. The zero-order valence-electron chi connectivity index (χ0n) is 19.0. The smallest absolute Gasteiger partial charge is 0.187 e. The Labute approximate surface area is 191 Å². The van der Waals surface area contributed by atoms with Crippen molar-refractivity contribution >= 4 is 11.8 Å². The van der Waals surface area contributed by atoms with Crippen molar-refractivity contribution in [3.05, 3.63) is 48.0 Å². The van der Waals surface area contributed by atoms with Gasteiger partial charge in [0.1, 0.15) is 0 Å². The summed E-state index contributed by atoms with van der Waals surface area (Å²) in [5, 5.41) is 0.839. The highest BCUT2D eigenvalue weighted by molar-refractivity contribution is 7.98. The van der Waals surface area contributed by atoms with Crippen LogP contribution in [-0.2, 0) is 13.1 Å². The zero-order valence-corrected chi connectivity index (χ0v) is 19.8. The Hall–Kier alpha value is -1.54. The van der Waals surface area contributed by atoms with E-state index in [0.717, 1.165) is 36.8 Å². The molecule has 7 heteroatoms. The van der Waals surface area contributed by atoms with Crippen LogP contribution in [0.2, 0.25) is 0 Å². The second kappa shape index (κ2) is 11.4. The van der Waals surface area contributed by atoms with Crippen LogP contribution in [0.4, 0.5) is 0 Å². The monoisotopic (exact) mass is 440 g/mol. The van der Waals surface area contributed by atoms with Crippen LogP contribution in [0, 0.1) is 5.92 Å². The third kappa shape index (κ3) is 6.72. The van der Waals surface area contributed by atoms with Crippen molar-refractivity contribution in [1.82, 2.24) is 29.7 Å². The fourth-order valence-electron chi connectivity index (χ4n) is 4.95. The van der Waals surface area contributed by atoms with Gasteiger partial charge in [-0.25, -0.2) is 9.97 Å². The maximum Gasteiger partial charge on any atom is 0.187 e. The fraction of sp³-hybridized carbons (Fsp3) is 0.625. The third-order valence-corrected chi connectivity index (χ3v) is 7.37. The first kappa shape index (κ1) is 22.6. The van der Waals surface area contributed by atoms with E-state index in [-0.39, 0.29) is 0 Å². The summed E-state index contributed by atoms with van der Waals surface area (Å²) in [5.74, 6) is 0.760. The van der Waals surface area contributed by atoms with Gasteiger partial charge in [0.25, 0.3) is 0 Å². The second-order valence-corrected chi connectivity index (χ2v) is 9.89. The van der Waals surface area contributed by atoms with Crippen molar-refractivity contribution in [3.8, 4) is 0 Å². The van der Waals surface area contributed by atoms with Gasteiger partial charge in [-0.3, -0.25) is 9.88 Å². The van der Waals surface area contributed by atoms with E-state index in [4.69, 9.17) is 0 Å². The Morgan fingerprint density at radius 3 is 2.23 bits per heavy atom. The number of hydrogen-bond donors (Lipinski definition) is 0. The van der Waals surface area contributed by atoms with Crippen molar-refractivity contribution < 1.29 is 0 Å². The molecule has 31 heavy (non-hydrogen) atoms. The average molecular weight is 441 g/mol. The number of rotatable bonds is 8. The highest BCUT2D eigenvalue weighted by atomic mass is 32.2. The number of nitrogens with zero attached hydrogens (tertiary/aromatic N) is 6. The molecule has 0 atom stereocenters. The molecule has 4 rings (SSSR count). The summed E-state index contributed by atoms with van der Waals surface area (Å²) in [5.41, 5.74) is 2.51. The van der Waals surface area contributed by atoms with Gasteiger partial charge in [0, 0.05) is 56.0 Å². The number of likely N-dealkylation sites (tertiary alicyclic amines) is 2. The second-order valence-electron chi connectivity index (χ2n) is 9.12. The Bertz CT molecular complexity index is 770. The topological polar surface area (TPSA) is 48.4 Å². The first-order chi connectivity index (χ1) is 15.2. The summed E-state index contributed by atoms with van der Waals surface area (Å²) < 4.78 is 0. The predicted molar refractivity (Wildman–Crippen MR) is 127 cm³/mol. The molecule has 0 spiro atoms. The van der Waals surface area contributed by atoms with Gasteiger partial charge in [0.2, 0.25) is 0 Å². The summed E-state index contributed by atoms with van der Waals surface area (Å²) >= 11 is 1.59. The minimum Gasteiger partial charge on any atom is -0.306 e. The van der Waals surface area contributed by atoms with Crippen molar-refractivity contribution in [1.29, 1.82) is 0 Å². The van der Waals surface area contributed by atoms with Crippen LogP contribution in [0.3, 0.4) is 0 Å². The summed E-state index contributed by atoms with van der Waals surface area (Å²) in [4.78, 5) is 20.9. The van der Waals surface area contributed by atoms with Crippen LogP contribution in [0.25, 0.3) is 0 Å². The van der Waals surface area contributed by atoms with Crippen LogP contribution >= 0.6 is 11.8 Å². The van der Waals surface area contributed by atoms with E-state index in [1.807, 2.05) is 31.0 Å². The molecule has 2 fully saturated rings. The maximum absolute atomic E-state index is 4.48. The molecule has 2 aliphatic heterocycles. The Kier molecular flexibility index (Phi) is 8.30. The molecule has 0 unspecified atom stereocenters. The van der Waals surface area contributed by atoms with Crippen LogP contribution in [-0.4, -0.2) is 81.7 Å². The van der Waals surface area contributed by atoms with Gasteiger partial charge in [-0.1, -0.05) is 11.8 Å². The largest absolute Gasteiger partial charge is 0.306 e. The summed E-state index contributed by atoms with van der Waals surface area (Å²) in [6.45, 7) is 7.99. The lowest BCUT2D eigenvalue weighted by atomic mass is 9.93. The predicted octanol–water partition coefficient (Wildman–Crippen LogP) is 3.40. The zero-order chi connectivity index (χ0) is 21.5. The molecule has 0 radical (unpaired) electrons. The normalized spacial score (nSPS) is 19.8. The number of piperidine rings is 2. The lowest BCUT2D eigenvalue weighted by Gasteiger charge is -2.42. The van der Waals surface area contributed by atoms with Gasteiger partial charge in [-0.15, -0.1) is 0 Å². The van der Waals surface area contributed by atoms with E-state index >= 15 is 0 Å². The highest BCUT2D eigenvalue weighted by Crippen LogP contribution is 2.25. The molecular weight excluding hydrogens is 404 g/mol. The maximum atomic E-state index is 4.48. The van der Waals surface area contributed by atoms with Gasteiger partial charge in [0.15, 0.2) is 5.16 Å². The standard InChI is InChI=1S/C24H36N6S/c1-28-11-7-23(8-12-28)30-13-5-21(6-14-30)18-29(17-20-3-9-25-10-4-20)19-22-15-26-24(31-2)27-16-22/h3-4,9-10,15-16,21,23H,5-8,11-14,17-19H2,1-2H3. The molecule has 0 bridgehead atoms. The van der Waals surface area contributed by atoms with Crippen LogP contribution in [0.5, 0.6) is 0 Å². The third-order valence-electron chi connectivity index (χ3n) is 6.80. The minimum atomic E-state index is 0.760.